The van der Waals surface area contributed by atoms with Crippen LogP contribution in [0, 0.1) is 0 Å². The molecule has 7 nitrogen and oxygen atoms in total. The lowest BCUT2D eigenvalue weighted by atomic mass is 10.1. The highest BCUT2D eigenvalue weighted by Gasteiger charge is 2.14. The number of hydrogen-bond donors (Lipinski definition) is 2. The zero-order chi connectivity index (χ0) is 20.7. The Morgan fingerprint density at radius 2 is 1.75 bits per heavy atom. The molecule has 28 heavy (non-hydrogen) atoms. The summed E-state index contributed by atoms with van der Waals surface area (Å²) in [6, 6.07) is 10.3. The van der Waals surface area contributed by atoms with Gasteiger partial charge in [0, 0.05) is 20.1 Å². The smallest absolute Gasteiger partial charge is 0.387 e. The maximum Gasteiger partial charge on any atom is 0.387 e. The molecule has 0 heterocycles. The van der Waals surface area contributed by atoms with E-state index in [1.54, 1.807) is 25.2 Å². The monoisotopic (exact) mass is 394 g/mol. The topological polar surface area (TPSA) is 88.1 Å². The van der Waals surface area contributed by atoms with Crippen LogP contribution in [0.25, 0.3) is 0 Å². The number of urea groups is 1. The fourth-order valence-corrected chi connectivity index (χ4v) is 2.43. The maximum absolute atomic E-state index is 12.5. The SMILES string of the molecule is COc1ccc(CN(C)C(=O)NCc2ccc(C(=O)O)cc2)cc1OC(F)F. The van der Waals surface area contributed by atoms with Gasteiger partial charge >= 0.3 is 18.6 Å². The van der Waals surface area contributed by atoms with Crippen LogP contribution >= 0.6 is 0 Å². The molecule has 150 valence electrons. The summed E-state index contributed by atoms with van der Waals surface area (Å²) in [5, 5.41) is 11.6. The number of benzene rings is 2. The van der Waals surface area contributed by atoms with Gasteiger partial charge in [-0.3, -0.25) is 0 Å². The van der Waals surface area contributed by atoms with E-state index in [1.807, 2.05) is 0 Å². The van der Waals surface area contributed by atoms with Crippen molar-refractivity contribution in [2.45, 2.75) is 19.7 Å². The molecule has 0 aliphatic heterocycles. The molecule has 2 N–H and O–H groups in total. The van der Waals surface area contributed by atoms with E-state index < -0.39 is 12.6 Å². The van der Waals surface area contributed by atoms with E-state index in [-0.39, 0.29) is 36.2 Å². The summed E-state index contributed by atoms with van der Waals surface area (Å²) >= 11 is 0. The van der Waals surface area contributed by atoms with Gasteiger partial charge in [0.2, 0.25) is 0 Å². The third kappa shape index (κ3) is 5.83. The third-order valence-corrected chi connectivity index (χ3v) is 3.86. The van der Waals surface area contributed by atoms with E-state index in [9.17, 15) is 18.4 Å². The number of halogens is 2. The van der Waals surface area contributed by atoms with Crippen molar-refractivity contribution in [1.29, 1.82) is 0 Å². The summed E-state index contributed by atoms with van der Waals surface area (Å²) in [5.74, 6) is -0.965. The van der Waals surface area contributed by atoms with Crippen LogP contribution in [0.1, 0.15) is 21.5 Å². The molecule has 0 spiro atoms. The van der Waals surface area contributed by atoms with Gasteiger partial charge in [-0.15, -0.1) is 0 Å². The largest absolute Gasteiger partial charge is 0.493 e. The molecule has 0 atom stereocenters. The van der Waals surface area contributed by atoms with Gasteiger partial charge < -0.3 is 24.8 Å². The van der Waals surface area contributed by atoms with Crippen molar-refractivity contribution >= 4 is 12.0 Å². The molecule has 0 bridgehead atoms. The second-order valence-electron chi connectivity index (χ2n) is 5.88. The number of carbonyl (C=O) groups excluding carboxylic acids is 1. The Hall–Kier alpha value is -3.36. The second kappa shape index (κ2) is 9.54. The summed E-state index contributed by atoms with van der Waals surface area (Å²) in [6.45, 7) is -2.61. The lowest BCUT2D eigenvalue weighted by Crippen LogP contribution is -2.36. The van der Waals surface area contributed by atoms with Crippen molar-refractivity contribution in [3.63, 3.8) is 0 Å². The average molecular weight is 394 g/mol. The summed E-state index contributed by atoms with van der Waals surface area (Å²) in [7, 11) is 2.90. The first kappa shape index (κ1) is 20.9. The van der Waals surface area contributed by atoms with Gasteiger partial charge in [-0.25, -0.2) is 9.59 Å². The summed E-state index contributed by atoms with van der Waals surface area (Å²) in [5.41, 5.74) is 1.48. The Labute approximate surface area is 160 Å². The highest BCUT2D eigenvalue weighted by Crippen LogP contribution is 2.29. The van der Waals surface area contributed by atoms with Gasteiger partial charge in [-0.1, -0.05) is 18.2 Å². The van der Waals surface area contributed by atoms with Crippen molar-refractivity contribution in [3.05, 3.63) is 59.2 Å². The Morgan fingerprint density at radius 1 is 1.11 bits per heavy atom. The van der Waals surface area contributed by atoms with Gasteiger partial charge in [0.25, 0.3) is 0 Å². The highest BCUT2D eigenvalue weighted by molar-refractivity contribution is 5.87. The fourth-order valence-electron chi connectivity index (χ4n) is 2.43. The van der Waals surface area contributed by atoms with Gasteiger partial charge in [-0.2, -0.15) is 8.78 Å². The number of methoxy groups -OCH3 is 1. The molecule has 0 fully saturated rings. The number of alkyl halides is 2. The van der Waals surface area contributed by atoms with Gasteiger partial charge in [0.1, 0.15) is 0 Å². The molecular formula is C19H20F2N2O5. The summed E-state index contributed by atoms with van der Waals surface area (Å²) in [4.78, 5) is 24.4. The molecular weight excluding hydrogens is 374 g/mol. The average Bonchev–Trinajstić information content (AvgIpc) is 2.66. The molecule has 0 aliphatic rings. The molecule has 2 aromatic rings. The van der Waals surface area contributed by atoms with E-state index in [1.165, 1.54) is 36.3 Å². The predicted molar refractivity (Wildman–Crippen MR) is 96.7 cm³/mol. The van der Waals surface area contributed by atoms with E-state index in [0.29, 0.717) is 5.56 Å². The molecule has 0 saturated carbocycles. The molecule has 2 aromatic carbocycles. The normalized spacial score (nSPS) is 10.5. The van der Waals surface area contributed by atoms with Crippen molar-refractivity contribution in [2.24, 2.45) is 0 Å². The number of nitrogens with one attached hydrogen (secondary N) is 1. The molecule has 9 heteroatoms. The molecule has 2 rings (SSSR count). The summed E-state index contributed by atoms with van der Waals surface area (Å²) in [6.07, 6.45) is 0. The molecule has 0 aromatic heterocycles. The number of aromatic carboxylic acids is 1. The number of hydrogen-bond acceptors (Lipinski definition) is 4. The summed E-state index contributed by atoms with van der Waals surface area (Å²) < 4.78 is 34.4. The number of carbonyl (C=O) groups is 2. The molecule has 0 saturated heterocycles. The zero-order valence-corrected chi connectivity index (χ0v) is 15.3. The van der Waals surface area contributed by atoms with Crippen LogP contribution < -0.4 is 14.8 Å². The Bertz CT molecular complexity index is 828. The van der Waals surface area contributed by atoms with Crippen LogP contribution in [0.15, 0.2) is 42.5 Å². The molecule has 0 aliphatic carbocycles. The van der Waals surface area contributed by atoms with Crippen LogP contribution in [-0.4, -0.2) is 42.8 Å². The van der Waals surface area contributed by atoms with Gasteiger partial charge in [-0.05, 0) is 35.4 Å². The zero-order valence-electron chi connectivity index (χ0n) is 15.3. The number of nitrogens with zero attached hydrogens (tertiary/aromatic N) is 1. The highest BCUT2D eigenvalue weighted by atomic mass is 19.3. The number of amides is 2. The van der Waals surface area contributed by atoms with Crippen LogP contribution in [0.3, 0.4) is 0 Å². The van der Waals surface area contributed by atoms with Crippen molar-refractivity contribution < 1.29 is 33.0 Å². The first-order chi connectivity index (χ1) is 13.3. The number of carboxylic acid groups (broad SMARTS) is 1. The number of rotatable bonds is 8. The van der Waals surface area contributed by atoms with E-state index >= 15 is 0 Å². The lowest BCUT2D eigenvalue weighted by Gasteiger charge is -2.19. The minimum Gasteiger partial charge on any atom is -0.493 e. The van der Waals surface area contributed by atoms with E-state index in [4.69, 9.17) is 9.84 Å². The van der Waals surface area contributed by atoms with E-state index in [0.717, 1.165) is 5.56 Å². The van der Waals surface area contributed by atoms with Gasteiger partial charge in [0.15, 0.2) is 11.5 Å². The van der Waals surface area contributed by atoms with Crippen LogP contribution in [0.4, 0.5) is 13.6 Å². The van der Waals surface area contributed by atoms with Gasteiger partial charge in [0.05, 0.1) is 12.7 Å². The van der Waals surface area contributed by atoms with Crippen LogP contribution in [0.2, 0.25) is 0 Å². The van der Waals surface area contributed by atoms with Crippen molar-refractivity contribution in [3.8, 4) is 11.5 Å². The Morgan fingerprint density at radius 3 is 2.32 bits per heavy atom. The number of carboxylic acids is 1. The van der Waals surface area contributed by atoms with Crippen LogP contribution in [0.5, 0.6) is 11.5 Å². The first-order valence-electron chi connectivity index (χ1n) is 8.23. The number of ether oxygens (including phenoxy) is 2. The minimum absolute atomic E-state index is 0.109. The maximum atomic E-state index is 12.5. The molecule has 2 amide bonds. The Balaban J connectivity index is 1.95. The van der Waals surface area contributed by atoms with E-state index in [2.05, 4.69) is 10.1 Å². The second-order valence-corrected chi connectivity index (χ2v) is 5.88. The quantitative estimate of drug-likeness (QED) is 0.717. The lowest BCUT2D eigenvalue weighted by molar-refractivity contribution is -0.0512. The van der Waals surface area contributed by atoms with Crippen molar-refractivity contribution in [2.75, 3.05) is 14.2 Å². The third-order valence-electron chi connectivity index (χ3n) is 3.86. The molecule has 0 radical (unpaired) electrons. The molecule has 0 unspecified atom stereocenters. The standard InChI is InChI=1S/C19H20F2N2O5/c1-23(11-13-5-8-15(27-2)16(9-13)28-18(20)21)19(26)22-10-12-3-6-14(7-4-12)17(24)25/h3-9,18H,10-11H2,1-2H3,(H,22,26)(H,24,25). The fraction of sp³-hybridized carbons (Fsp3) is 0.263. The first-order valence-corrected chi connectivity index (χ1v) is 8.23. The minimum atomic E-state index is -2.99. The Kier molecular flexibility index (Phi) is 7.14. The van der Waals surface area contributed by atoms with Crippen molar-refractivity contribution in [1.82, 2.24) is 10.2 Å². The van der Waals surface area contributed by atoms with Crippen LogP contribution in [-0.2, 0) is 13.1 Å². The predicted octanol–water partition coefficient (Wildman–Crippen LogP) is 3.34.